The van der Waals surface area contributed by atoms with Gasteiger partial charge in [-0.05, 0) is 24.7 Å². The predicted molar refractivity (Wildman–Crippen MR) is 102 cm³/mol. The van der Waals surface area contributed by atoms with E-state index in [1.807, 2.05) is 17.8 Å². The first kappa shape index (κ1) is 17.5. The lowest BCUT2D eigenvalue weighted by molar-refractivity contribution is 0.122. The van der Waals surface area contributed by atoms with Crippen LogP contribution in [0, 0.1) is 5.82 Å². The minimum absolute atomic E-state index is 0.0329. The van der Waals surface area contributed by atoms with Gasteiger partial charge in [0.2, 0.25) is 5.95 Å². The van der Waals surface area contributed by atoms with Crippen LogP contribution in [0.3, 0.4) is 0 Å². The zero-order valence-corrected chi connectivity index (χ0v) is 15.6. The van der Waals surface area contributed by atoms with Gasteiger partial charge in [0.15, 0.2) is 0 Å². The zero-order valence-electron chi connectivity index (χ0n) is 14.7. The number of hydrogen-bond donors (Lipinski definition) is 1. The summed E-state index contributed by atoms with van der Waals surface area (Å²) in [5, 5.41) is 0. The Morgan fingerprint density at radius 2 is 2.04 bits per heavy atom. The third-order valence-corrected chi connectivity index (χ3v) is 6.21. The second-order valence-corrected chi connectivity index (χ2v) is 8.20. The summed E-state index contributed by atoms with van der Waals surface area (Å²) < 4.78 is 19.9. The van der Waals surface area contributed by atoms with E-state index in [4.69, 9.17) is 15.5 Å². The molecule has 26 heavy (non-hydrogen) atoms. The highest BCUT2D eigenvalue weighted by Gasteiger charge is 2.46. The lowest BCUT2D eigenvalue weighted by atomic mass is 10.1. The maximum atomic E-state index is 14.5. The average molecular weight is 375 g/mol. The van der Waals surface area contributed by atoms with Gasteiger partial charge in [0, 0.05) is 25.4 Å². The highest BCUT2D eigenvalue weighted by molar-refractivity contribution is 8.00. The molecule has 1 saturated heterocycles. The van der Waals surface area contributed by atoms with Gasteiger partial charge in [-0.25, -0.2) is 19.3 Å². The van der Waals surface area contributed by atoms with E-state index in [1.165, 1.54) is 12.3 Å². The first-order valence-electron chi connectivity index (χ1n) is 8.89. The van der Waals surface area contributed by atoms with Crippen LogP contribution in [-0.2, 0) is 9.48 Å². The van der Waals surface area contributed by atoms with Crippen LogP contribution in [-0.4, -0.2) is 47.0 Å². The summed E-state index contributed by atoms with van der Waals surface area (Å²) in [6.45, 7) is 4.92. The number of morpholine rings is 1. The minimum atomic E-state index is -0.414. The number of thioether (sulfide) groups is 1. The Balaban J connectivity index is 1.79. The lowest BCUT2D eigenvalue weighted by Gasteiger charge is -2.28. The number of pyridine rings is 1. The van der Waals surface area contributed by atoms with Crippen molar-refractivity contribution in [2.45, 2.75) is 24.5 Å². The molecule has 2 aliphatic rings. The smallest absolute Gasteiger partial charge is 0.226 e. The molecule has 2 aromatic heterocycles. The maximum Gasteiger partial charge on any atom is 0.226 e. The molecule has 4 rings (SSSR count). The fraction of sp³-hybridized carbons (Fsp3) is 0.500. The van der Waals surface area contributed by atoms with Crippen LogP contribution in [0.2, 0.25) is 0 Å². The van der Waals surface area contributed by atoms with Crippen molar-refractivity contribution in [2.24, 2.45) is 0 Å². The van der Waals surface area contributed by atoms with E-state index in [1.54, 1.807) is 0 Å². The standard InChI is InChI=1S/C18H22FN5OS/c1-2-26-18(3-4-18)15-10-14(12-11-21-16(20)9-13(12)19)22-17(23-15)24-5-7-25-8-6-24/h9-11H,2-8H2,1H3,(H2,20,21). The van der Waals surface area contributed by atoms with Crippen LogP contribution < -0.4 is 10.6 Å². The predicted octanol–water partition coefficient (Wildman–Crippen LogP) is 2.84. The largest absolute Gasteiger partial charge is 0.384 e. The first-order valence-corrected chi connectivity index (χ1v) is 9.87. The SMILES string of the molecule is CCSC1(c2cc(-c3cnc(N)cc3F)nc(N3CCOCC3)n2)CC1. The molecule has 2 N–H and O–H groups in total. The third kappa shape index (κ3) is 3.35. The van der Waals surface area contributed by atoms with Gasteiger partial charge in [0.25, 0.3) is 0 Å². The van der Waals surface area contributed by atoms with Gasteiger partial charge in [-0.1, -0.05) is 6.92 Å². The number of nitrogen functional groups attached to an aromatic ring is 1. The number of nitrogens with zero attached hydrogens (tertiary/aromatic N) is 4. The van der Waals surface area contributed by atoms with E-state index in [-0.39, 0.29) is 10.6 Å². The molecule has 0 spiro atoms. The van der Waals surface area contributed by atoms with Crippen LogP contribution in [0.5, 0.6) is 0 Å². The van der Waals surface area contributed by atoms with E-state index in [0.29, 0.717) is 30.4 Å². The van der Waals surface area contributed by atoms with E-state index in [9.17, 15) is 4.39 Å². The summed E-state index contributed by atoms with van der Waals surface area (Å²) in [6.07, 6.45) is 3.63. The van der Waals surface area contributed by atoms with Crippen LogP contribution in [0.15, 0.2) is 18.3 Å². The second-order valence-electron chi connectivity index (χ2n) is 6.55. The highest BCUT2D eigenvalue weighted by atomic mass is 32.2. The Bertz CT molecular complexity index is 808. The lowest BCUT2D eigenvalue weighted by Crippen LogP contribution is -2.37. The summed E-state index contributed by atoms with van der Waals surface area (Å²) in [6, 6.07) is 3.15. The normalized spacial score (nSPS) is 18.8. The molecule has 0 amide bonds. The molecular formula is C18H22FN5OS. The third-order valence-electron chi connectivity index (χ3n) is 4.75. The Hall–Kier alpha value is -1.93. The number of rotatable bonds is 5. The minimum Gasteiger partial charge on any atom is -0.384 e. The van der Waals surface area contributed by atoms with E-state index in [2.05, 4.69) is 21.8 Å². The fourth-order valence-corrected chi connectivity index (χ4v) is 4.40. The molecule has 1 saturated carbocycles. The molecule has 0 bridgehead atoms. The molecule has 2 aromatic rings. The van der Waals surface area contributed by atoms with Crippen molar-refractivity contribution in [2.75, 3.05) is 42.7 Å². The Morgan fingerprint density at radius 1 is 1.27 bits per heavy atom. The molecule has 1 aliphatic carbocycles. The molecule has 0 unspecified atom stereocenters. The second kappa shape index (κ2) is 7.00. The molecule has 0 aromatic carbocycles. The molecule has 1 aliphatic heterocycles. The topological polar surface area (TPSA) is 77.2 Å². The van der Waals surface area contributed by atoms with Crippen LogP contribution in [0.4, 0.5) is 16.2 Å². The van der Waals surface area contributed by atoms with Crippen molar-refractivity contribution in [1.82, 2.24) is 15.0 Å². The first-order chi connectivity index (χ1) is 12.6. The van der Waals surface area contributed by atoms with Crippen molar-refractivity contribution in [3.8, 4) is 11.3 Å². The number of halogens is 1. The molecular weight excluding hydrogens is 353 g/mol. The summed E-state index contributed by atoms with van der Waals surface area (Å²) in [5.74, 6) is 1.40. The van der Waals surface area contributed by atoms with Crippen molar-refractivity contribution >= 4 is 23.5 Å². The number of nitrogens with two attached hydrogens (primary N) is 1. The van der Waals surface area contributed by atoms with Crippen LogP contribution >= 0.6 is 11.8 Å². The van der Waals surface area contributed by atoms with Crippen LogP contribution in [0.1, 0.15) is 25.5 Å². The molecule has 2 fully saturated rings. The van der Waals surface area contributed by atoms with E-state index in [0.717, 1.165) is 37.4 Å². The number of anilines is 2. The summed E-state index contributed by atoms with van der Waals surface area (Å²) in [5.41, 5.74) is 7.49. The Kier molecular flexibility index (Phi) is 4.71. The fourth-order valence-electron chi connectivity index (χ4n) is 3.21. The molecule has 0 radical (unpaired) electrons. The Morgan fingerprint density at radius 3 is 2.69 bits per heavy atom. The van der Waals surface area contributed by atoms with Crippen molar-refractivity contribution in [1.29, 1.82) is 0 Å². The molecule has 3 heterocycles. The number of hydrogen-bond acceptors (Lipinski definition) is 7. The molecule has 6 nitrogen and oxygen atoms in total. The number of aromatic nitrogens is 3. The van der Waals surface area contributed by atoms with E-state index < -0.39 is 5.82 Å². The monoisotopic (exact) mass is 375 g/mol. The zero-order chi connectivity index (χ0) is 18.1. The molecule has 0 atom stereocenters. The van der Waals surface area contributed by atoms with Gasteiger partial charge in [-0.15, -0.1) is 11.8 Å². The summed E-state index contributed by atoms with van der Waals surface area (Å²) in [4.78, 5) is 15.6. The van der Waals surface area contributed by atoms with Gasteiger partial charge < -0.3 is 15.4 Å². The van der Waals surface area contributed by atoms with Gasteiger partial charge in [-0.3, -0.25) is 0 Å². The Labute approximate surface area is 156 Å². The maximum absolute atomic E-state index is 14.5. The van der Waals surface area contributed by atoms with Crippen molar-refractivity contribution in [3.63, 3.8) is 0 Å². The van der Waals surface area contributed by atoms with Gasteiger partial charge in [0.1, 0.15) is 11.6 Å². The summed E-state index contributed by atoms with van der Waals surface area (Å²) in [7, 11) is 0. The van der Waals surface area contributed by atoms with Gasteiger partial charge in [-0.2, -0.15) is 0 Å². The molecule has 138 valence electrons. The van der Waals surface area contributed by atoms with Gasteiger partial charge >= 0.3 is 0 Å². The highest BCUT2D eigenvalue weighted by Crippen LogP contribution is 2.56. The van der Waals surface area contributed by atoms with E-state index >= 15 is 0 Å². The molecule has 8 heteroatoms. The average Bonchev–Trinajstić information content (AvgIpc) is 3.43. The van der Waals surface area contributed by atoms with Gasteiger partial charge in [0.05, 0.1) is 34.9 Å². The number of ether oxygens (including phenoxy) is 1. The quantitative estimate of drug-likeness (QED) is 0.861. The van der Waals surface area contributed by atoms with Crippen molar-refractivity contribution in [3.05, 3.63) is 29.8 Å². The van der Waals surface area contributed by atoms with Crippen LogP contribution in [0.25, 0.3) is 11.3 Å². The summed E-state index contributed by atoms with van der Waals surface area (Å²) >= 11 is 1.90. The van der Waals surface area contributed by atoms with Crippen molar-refractivity contribution < 1.29 is 9.13 Å².